The summed E-state index contributed by atoms with van der Waals surface area (Å²) in [4.78, 5) is 41.9. The molecule has 0 fully saturated rings. The lowest BCUT2D eigenvalue weighted by molar-refractivity contribution is -0.148. The minimum atomic E-state index is -0.891. The summed E-state index contributed by atoms with van der Waals surface area (Å²) in [6.07, 6.45) is 2.36. The number of guanidine groups is 1. The molecule has 0 aliphatic heterocycles. The lowest BCUT2D eigenvalue weighted by Crippen LogP contribution is -2.44. The van der Waals surface area contributed by atoms with Crippen LogP contribution >= 0.6 is 0 Å². The molecule has 0 aromatic heterocycles. The number of carbonyl (C=O) groups excluding carboxylic acids is 3. The van der Waals surface area contributed by atoms with Crippen molar-refractivity contribution in [2.24, 2.45) is 22.4 Å². The zero-order valence-corrected chi connectivity index (χ0v) is 21.0. The van der Waals surface area contributed by atoms with Crippen LogP contribution in [0.3, 0.4) is 0 Å². The van der Waals surface area contributed by atoms with E-state index in [-0.39, 0.29) is 31.3 Å². The zero-order valence-electron chi connectivity index (χ0n) is 21.0. The first-order valence-electron chi connectivity index (χ1n) is 12.2. The van der Waals surface area contributed by atoms with Crippen LogP contribution < -0.4 is 16.8 Å². The minimum Gasteiger partial charge on any atom is -0.467 e. The number of nitrogens with zero attached hydrogens (tertiary/aromatic N) is 1. The number of carbonyl (C=O) groups is 3. The highest BCUT2D eigenvalue weighted by Crippen LogP contribution is 2.44. The SMILES string of the molecule is C=CC[C@H](NC(=O)[C@H](CCCN=C(N)N)CC(=O)OCC1c2ccccc2-c2ccccc21)C(=O)OC. The number of aliphatic imine (C=N–C) groups is 1. The van der Waals surface area contributed by atoms with Gasteiger partial charge in [0.1, 0.15) is 12.6 Å². The lowest BCUT2D eigenvalue weighted by atomic mass is 9.97. The maximum atomic E-state index is 13.1. The molecule has 1 aliphatic rings. The second-order valence-corrected chi connectivity index (χ2v) is 8.87. The zero-order chi connectivity index (χ0) is 26.8. The quantitative estimate of drug-likeness (QED) is 0.124. The largest absolute Gasteiger partial charge is 0.467 e. The van der Waals surface area contributed by atoms with E-state index >= 15 is 0 Å². The number of fused-ring (bicyclic) bond motifs is 3. The fourth-order valence-electron chi connectivity index (χ4n) is 4.56. The second kappa shape index (κ2) is 13.2. The molecule has 2 atom stereocenters. The predicted molar refractivity (Wildman–Crippen MR) is 141 cm³/mol. The van der Waals surface area contributed by atoms with Crippen LogP contribution in [0.4, 0.5) is 0 Å². The van der Waals surface area contributed by atoms with Gasteiger partial charge in [-0.2, -0.15) is 0 Å². The smallest absolute Gasteiger partial charge is 0.328 e. The molecule has 9 nitrogen and oxygen atoms in total. The average Bonchev–Trinajstić information content (AvgIpc) is 3.22. The molecule has 0 bridgehead atoms. The molecule has 0 saturated heterocycles. The summed E-state index contributed by atoms with van der Waals surface area (Å²) in [6.45, 7) is 4.09. The Morgan fingerprint density at radius 1 is 1.08 bits per heavy atom. The molecule has 37 heavy (non-hydrogen) atoms. The molecule has 0 unspecified atom stereocenters. The van der Waals surface area contributed by atoms with Gasteiger partial charge < -0.3 is 26.3 Å². The van der Waals surface area contributed by atoms with E-state index in [2.05, 4.69) is 29.0 Å². The molecular formula is C28H34N4O5. The maximum absolute atomic E-state index is 13.1. The summed E-state index contributed by atoms with van der Waals surface area (Å²) < 4.78 is 10.5. The molecule has 9 heteroatoms. The number of rotatable bonds is 13. The number of nitrogens with one attached hydrogen (secondary N) is 1. The minimum absolute atomic E-state index is 0.0470. The summed E-state index contributed by atoms with van der Waals surface area (Å²) >= 11 is 0. The van der Waals surface area contributed by atoms with E-state index in [0.29, 0.717) is 19.4 Å². The normalized spacial score (nSPS) is 13.4. The van der Waals surface area contributed by atoms with Gasteiger partial charge >= 0.3 is 11.9 Å². The van der Waals surface area contributed by atoms with Gasteiger partial charge in [0.2, 0.25) is 5.91 Å². The van der Waals surface area contributed by atoms with Crippen molar-refractivity contribution >= 4 is 23.8 Å². The fourth-order valence-corrected chi connectivity index (χ4v) is 4.56. The van der Waals surface area contributed by atoms with Crippen LogP contribution in [0.2, 0.25) is 0 Å². The number of esters is 2. The highest BCUT2D eigenvalue weighted by molar-refractivity contribution is 5.88. The Bertz CT molecular complexity index is 1110. The molecule has 1 aliphatic carbocycles. The summed E-state index contributed by atoms with van der Waals surface area (Å²) in [5, 5.41) is 2.67. The van der Waals surface area contributed by atoms with E-state index < -0.39 is 29.8 Å². The molecule has 3 rings (SSSR count). The monoisotopic (exact) mass is 506 g/mol. The van der Waals surface area contributed by atoms with Crippen molar-refractivity contribution in [3.8, 4) is 11.1 Å². The molecule has 0 radical (unpaired) electrons. The van der Waals surface area contributed by atoms with Gasteiger partial charge in [-0.3, -0.25) is 14.6 Å². The van der Waals surface area contributed by atoms with E-state index in [0.717, 1.165) is 22.3 Å². The number of amides is 1. The van der Waals surface area contributed by atoms with Crippen LogP contribution in [0.1, 0.15) is 42.7 Å². The van der Waals surface area contributed by atoms with Crippen molar-refractivity contribution in [2.75, 3.05) is 20.3 Å². The van der Waals surface area contributed by atoms with Gasteiger partial charge in [0.15, 0.2) is 5.96 Å². The van der Waals surface area contributed by atoms with Gasteiger partial charge in [-0.15, -0.1) is 6.58 Å². The first kappa shape index (κ1) is 27.4. The molecular weight excluding hydrogens is 472 g/mol. The lowest BCUT2D eigenvalue weighted by Gasteiger charge is -2.21. The number of ether oxygens (including phenoxy) is 2. The van der Waals surface area contributed by atoms with Gasteiger partial charge in [0.05, 0.1) is 13.5 Å². The molecule has 5 N–H and O–H groups in total. The molecule has 2 aromatic carbocycles. The average molecular weight is 507 g/mol. The third-order valence-electron chi connectivity index (χ3n) is 6.37. The van der Waals surface area contributed by atoms with Gasteiger partial charge in [-0.1, -0.05) is 54.6 Å². The highest BCUT2D eigenvalue weighted by Gasteiger charge is 2.31. The highest BCUT2D eigenvalue weighted by atomic mass is 16.5. The maximum Gasteiger partial charge on any atom is 0.328 e. The summed E-state index contributed by atoms with van der Waals surface area (Å²) in [7, 11) is 1.24. The van der Waals surface area contributed by atoms with Crippen LogP contribution in [-0.4, -0.2) is 50.1 Å². The van der Waals surface area contributed by atoms with E-state index in [1.54, 1.807) is 0 Å². The Labute approximate surface area is 216 Å². The first-order valence-corrected chi connectivity index (χ1v) is 12.2. The van der Waals surface area contributed by atoms with Gasteiger partial charge in [0.25, 0.3) is 0 Å². The number of methoxy groups -OCH3 is 1. The molecule has 0 spiro atoms. The topological polar surface area (TPSA) is 146 Å². The number of nitrogens with two attached hydrogens (primary N) is 2. The standard InChI is InChI=1S/C28H34N4O5/c1-3-9-24(27(35)36-2)32-26(34)18(10-8-15-31-28(29)30)16-25(33)37-17-23-21-13-6-4-11-19(21)20-12-5-7-14-22(20)23/h3-7,11-14,18,23-24H,1,8-10,15-17H2,2H3,(H,32,34)(H4,29,30,31)/t18-,24+/m1/s1. The number of hydrogen-bond acceptors (Lipinski definition) is 6. The Balaban J connectivity index is 1.67. The van der Waals surface area contributed by atoms with Gasteiger partial charge in [0, 0.05) is 18.4 Å². The molecule has 0 heterocycles. The van der Waals surface area contributed by atoms with Crippen molar-refractivity contribution in [1.82, 2.24) is 5.32 Å². The van der Waals surface area contributed by atoms with Crippen molar-refractivity contribution in [1.29, 1.82) is 0 Å². The number of benzene rings is 2. The van der Waals surface area contributed by atoms with E-state index in [4.69, 9.17) is 20.9 Å². The second-order valence-electron chi connectivity index (χ2n) is 8.87. The van der Waals surface area contributed by atoms with Crippen molar-refractivity contribution in [3.63, 3.8) is 0 Å². The Hall–Kier alpha value is -4.14. The van der Waals surface area contributed by atoms with Crippen molar-refractivity contribution in [2.45, 2.75) is 37.6 Å². The molecule has 0 saturated carbocycles. The Kier molecular flexibility index (Phi) is 9.83. The predicted octanol–water partition coefficient (Wildman–Crippen LogP) is 2.64. The fraction of sp³-hybridized carbons (Fsp3) is 0.357. The van der Waals surface area contributed by atoms with E-state index in [9.17, 15) is 14.4 Å². The third kappa shape index (κ3) is 7.19. The van der Waals surface area contributed by atoms with Crippen LogP contribution in [0.5, 0.6) is 0 Å². The van der Waals surface area contributed by atoms with Crippen molar-refractivity contribution < 1.29 is 23.9 Å². The molecule has 1 amide bonds. The first-order chi connectivity index (χ1) is 17.8. The van der Waals surface area contributed by atoms with Crippen LogP contribution in [-0.2, 0) is 23.9 Å². The summed E-state index contributed by atoms with van der Waals surface area (Å²) in [5.74, 6) is -2.40. The van der Waals surface area contributed by atoms with Gasteiger partial charge in [-0.25, -0.2) is 4.79 Å². The Morgan fingerprint density at radius 3 is 2.27 bits per heavy atom. The summed E-state index contributed by atoms with van der Waals surface area (Å²) in [6, 6.07) is 15.2. The van der Waals surface area contributed by atoms with Gasteiger partial charge in [-0.05, 0) is 41.5 Å². The van der Waals surface area contributed by atoms with Crippen LogP contribution in [0.25, 0.3) is 11.1 Å². The number of hydrogen-bond donors (Lipinski definition) is 3. The Morgan fingerprint density at radius 2 is 1.70 bits per heavy atom. The van der Waals surface area contributed by atoms with E-state index in [1.165, 1.54) is 13.2 Å². The summed E-state index contributed by atoms with van der Waals surface area (Å²) in [5.41, 5.74) is 15.2. The van der Waals surface area contributed by atoms with E-state index in [1.807, 2.05) is 36.4 Å². The van der Waals surface area contributed by atoms with Crippen LogP contribution in [0.15, 0.2) is 66.2 Å². The molecule has 196 valence electrons. The van der Waals surface area contributed by atoms with Crippen molar-refractivity contribution in [3.05, 3.63) is 72.3 Å². The third-order valence-corrected chi connectivity index (χ3v) is 6.37. The van der Waals surface area contributed by atoms with Crippen LogP contribution in [0, 0.1) is 5.92 Å². The molecule has 2 aromatic rings.